The molecule has 1 saturated heterocycles. The van der Waals surface area contributed by atoms with E-state index in [0.29, 0.717) is 38.8 Å². The maximum Gasteiger partial charge on any atom is 0.267 e. The highest BCUT2D eigenvalue weighted by atomic mass is 35.5. The van der Waals surface area contributed by atoms with Crippen molar-refractivity contribution in [3.8, 4) is 0 Å². The quantitative estimate of drug-likeness (QED) is 0.286. The number of nitrogens with zero attached hydrogens (tertiary/aromatic N) is 5. The van der Waals surface area contributed by atoms with Crippen molar-refractivity contribution in [3.05, 3.63) is 51.7 Å². The molecule has 0 atom stereocenters. The molecule has 0 radical (unpaired) electrons. The molecule has 1 aliphatic rings. The number of benzene rings is 1. The summed E-state index contributed by atoms with van der Waals surface area (Å²) < 4.78 is 0. The Morgan fingerprint density at radius 3 is 2.62 bits per heavy atom. The third kappa shape index (κ3) is 8.11. The van der Waals surface area contributed by atoms with Crippen LogP contribution in [0.15, 0.2) is 30.5 Å². The van der Waals surface area contributed by atoms with Gasteiger partial charge in [0.15, 0.2) is 5.13 Å². The van der Waals surface area contributed by atoms with Gasteiger partial charge >= 0.3 is 0 Å². The van der Waals surface area contributed by atoms with E-state index in [1.807, 2.05) is 32.0 Å². The van der Waals surface area contributed by atoms with E-state index in [4.69, 9.17) is 11.6 Å². The summed E-state index contributed by atoms with van der Waals surface area (Å²) in [5.74, 6) is 2.03. The van der Waals surface area contributed by atoms with Crippen LogP contribution < -0.4 is 20.9 Å². The first-order valence-corrected chi connectivity index (χ1v) is 14.3. The second kappa shape index (κ2) is 13.7. The van der Waals surface area contributed by atoms with E-state index in [9.17, 15) is 9.59 Å². The van der Waals surface area contributed by atoms with E-state index in [1.54, 1.807) is 19.3 Å². The van der Waals surface area contributed by atoms with Gasteiger partial charge < -0.3 is 20.9 Å². The zero-order valence-corrected chi connectivity index (χ0v) is 24.2. The first kappa shape index (κ1) is 28.7. The van der Waals surface area contributed by atoms with Gasteiger partial charge in [0.2, 0.25) is 5.91 Å². The van der Waals surface area contributed by atoms with Gasteiger partial charge in [-0.15, -0.1) is 0 Å². The molecule has 0 unspecified atom stereocenters. The lowest BCUT2D eigenvalue weighted by atomic mass is 10.1. The van der Waals surface area contributed by atoms with Crippen molar-refractivity contribution in [2.24, 2.45) is 0 Å². The van der Waals surface area contributed by atoms with Crippen LogP contribution in [0.4, 0.5) is 22.5 Å². The maximum atomic E-state index is 12.8. The van der Waals surface area contributed by atoms with Crippen LogP contribution in [0.2, 0.25) is 5.02 Å². The Morgan fingerprint density at radius 1 is 1.08 bits per heavy atom. The fraction of sp³-hybridized carbons (Fsp3) is 0.444. The monoisotopic (exact) mass is 570 g/mol. The molecule has 2 amide bonds. The molecule has 3 heterocycles. The van der Waals surface area contributed by atoms with Gasteiger partial charge in [-0.05, 0) is 44.9 Å². The van der Waals surface area contributed by atoms with E-state index < -0.39 is 0 Å². The number of unbranched alkanes of at least 4 members (excludes halogenated alkanes) is 2. The average Bonchev–Trinajstić information content (AvgIpc) is 3.39. The van der Waals surface area contributed by atoms with Gasteiger partial charge in [-0.2, -0.15) is 0 Å². The summed E-state index contributed by atoms with van der Waals surface area (Å²) in [4.78, 5) is 42.9. The minimum absolute atomic E-state index is 0.113. The van der Waals surface area contributed by atoms with E-state index >= 15 is 0 Å². The summed E-state index contributed by atoms with van der Waals surface area (Å²) in [7, 11) is 1.68. The number of rotatable bonds is 11. The number of anilines is 4. The Kier molecular flexibility index (Phi) is 10.1. The average molecular weight is 571 g/mol. The summed E-state index contributed by atoms with van der Waals surface area (Å²) in [5.41, 5.74) is 1.49. The molecule has 1 fully saturated rings. The molecule has 3 N–H and O–H groups in total. The van der Waals surface area contributed by atoms with E-state index in [0.717, 1.165) is 63.4 Å². The van der Waals surface area contributed by atoms with E-state index in [2.05, 4.69) is 40.7 Å². The molecule has 208 valence electrons. The number of hydrogen-bond acceptors (Lipinski definition) is 9. The molecule has 2 aromatic heterocycles. The van der Waals surface area contributed by atoms with Crippen LogP contribution in [0.5, 0.6) is 0 Å². The van der Waals surface area contributed by atoms with Crippen LogP contribution in [0.1, 0.15) is 46.7 Å². The number of thiazole rings is 1. The highest BCUT2D eigenvalue weighted by Gasteiger charge is 2.19. The SMILES string of the molecule is CNC(=O)CCCCCN1CCN(c2cc(Nc3ncc(C(=O)Nc4c(C)cccc4Cl)s3)nc(C)n2)CC1. The number of aromatic nitrogens is 3. The Morgan fingerprint density at radius 2 is 1.87 bits per heavy atom. The van der Waals surface area contributed by atoms with Crippen molar-refractivity contribution in [2.45, 2.75) is 39.5 Å². The van der Waals surface area contributed by atoms with Crippen LogP contribution in [0.3, 0.4) is 0 Å². The topological polar surface area (TPSA) is 115 Å². The van der Waals surface area contributed by atoms with Gasteiger partial charge in [-0.1, -0.05) is 41.5 Å². The lowest BCUT2D eigenvalue weighted by Crippen LogP contribution is -2.47. The summed E-state index contributed by atoms with van der Waals surface area (Å²) in [6.07, 6.45) is 5.24. The van der Waals surface area contributed by atoms with Gasteiger partial charge in [0.25, 0.3) is 5.91 Å². The molecule has 3 aromatic rings. The lowest BCUT2D eigenvalue weighted by Gasteiger charge is -2.35. The predicted octanol–water partition coefficient (Wildman–Crippen LogP) is 4.63. The molecule has 39 heavy (non-hydrogen) atoms. The first-order chi connectivity index (χ1) is 18.8. The standard InChI is InChI=1S/C27H35ClN8O2S/c1-18-8-7-9-20(28)25(18)34-26(38)21-17-30-27(39-21)33-22-16-23(32-19(2)31-22)36-14-12-35(13-15-36)11-6-4-5-10-24(37)29-3/h7-9,16-17H,4-6,10-15H2,1-3H3,(H,29,37)(H,34,38)(H,30,31,32,33). The van der Waals surface area contributed by atoms with Crippen molar-refractivity contribution >= 4 is 57.2 Å². The van der Waals surface area contributed by atoms with Gasteiger partial charge in [0.05, 0.1) is 16.9 Å². The lowest BCUT2D eigenvalue weighted by molar-refractivity contribution is -0.120. The van der Waals surface area contributed by atoms with Gasteiger partial charge in [0, 0.05) is 45.7 Å². The summed E-state index contributed by atoms with van der Waals surface area (Å²) in [6.45, 7) is 8.53. The molecule has 4 rings (SSSR count). The molecule has 0 bridgehead atoms. The van der Waals surface area contributed by atoms with E-state index in [1.165, 1.54) is 11.3 Å². The minimum atomic E-state index is -0.263. The molecule has 1 aliphatic heterocycles. The van der Waals surface area contributed by atoms with Crippen molar-refractivity contribution in [1.82, 2.24) is 25.2 Å². The number of aryl methyl sites for hydroxylation is 2. The summed E-state index contributed by atoms with van der Waals surface area (Å²) in [5, 5.41) is 9.85. The zero-order valence-electron chi connectivity index (χ0n) is 22.6. The largest absolute Gasteiger partial charge is 0.359 e. The molecule has 12 heteroatoms. The van der Waals surface area contributed by atoms with Crippen LogP contribution in [-0.2, 0) is 4.79 Å². The molecule has 0 spiro atoms. The van der Waals surface area contributed by atoms with Crippen LogP contribution >= 0.6 is 22.9 Å². The molecular formula is C27H35ClN8O2S. The van der Waals surface area contributed by atoms with Crippen molar-refractivity contribution in [2.75, 3.05) is 55.3 Å². The second-order valence-corrected chi connectivity index (χ2v) is 10.9. The van der Waals surface area contributed by atoms with Crippen LogP contribution in [0.25, 0.3) is 0 Å². The molecule has 0 saturated carbocycles. The molecule has 1 aromatic carbocycles. The Balaban J connectivity index is 1.29. The normalized spacial score (nSPS) is 13.8. The number of nitrogens with one attached hydrogen (secondary N) is 3. The number of piperazine rings is 1. The highest BCUT2D eigenvalue weighted by Crippen LogP contribution is 2.28. The van der Waals surface area contributed by atoms with Crippen molar-refractivity contribution in [3.63, 3.8) is 0 Å². The number of para-hydroxylation sites is 1. The van der Waals surface area contributed by atoms with Gasteiger partial charge in [0.1, 0.15) is 22.3 Å². The fourth-order valence-electron chi connectivity index (χ4n) is 4.41. The molecule has 0 aliphatic carbocycles. The highest BCUT2D eigenvalue weighted by molar-refractivity contribution is 7.17. The van der Waals surface area contributed by atoms with Crippen LogP contribution in [-0.4, -0.2) is 71.4 Å². The predicted molar refractivity (Wildman–Crippen MR) is 157 cm³/mol. The first-order valence-electron chi connectivity index (χ1n) is 13.2. The summed E-state index contributed by atoms with van der Waals surface area (Å²) in [6, 6.07) is 7.42. The molecular weight excluding hydrogens is 536 g/mol. The number of carbonyl (C=O) groups excluding carboxylic acids is 2. The third-order valence-electron chi connectivity index (χ3n) is 6.60. The number of carbonyl (C=O) groups is 2. The molecule has 10 nitrogen and oxygen atoms in total. The van der Waals surface area contributed by atoms with Gasteiger partial charge in [-0.3, -0.25) is 14.5 Å². The second-order valence-electron chi connectivity index (χ2n) is 9.51. The number of halogens is 1. The van der Waals surface area contributed by atoms with Gasteiger partial charge in [-0.25, -0.2) is 15.0 Å². The Labute approximate surface area is 238 Å². The smallest absolute Gasteiger partial charge is 0.267 e. The zero-order chi connectivity index (χ0) is 27.8. The van der Waals surface area contributed by atoms with Crippen molar-refractivity contribution in [1.29, 1.82) is 0 Å². The van der Waals surface area contributed by atoms with Crippen LogP contribution in [0, 0.1) is 13.8 Å². The Hall–Kier alpha value is -3.28. The minimum Gasteiger partial charge on any atom is -0.359 e. The van der Waals surface area contributed by atoms with Crippen molar-refractivity contribution < 1.29 is 9.59 Å². The number of hydrogen-bond donors (Lipinski definition) is 3. The number of amides is 2. The Bertz CT molecular complexity index is 1270. The van der Waals surface area contributed by atoms with E-state index in [-0.39, 0.29) is 11.8 Å². The third-order valence-corrected chi connectivity index (χ3v) is 7.83. The maximum absolute atomic E-state index is 12.8. The summed E-state index contributed by atoms with van der Waals surface area (Å²) >= 11 is 7.50. The fourth-order valence-corrected chi connectivity index (χ4v) is 5.40.